The lowest BCUT2D eigenvalue weighted by molar-refractivity contribution is -0.255. The fourth-order valence-corrected chi connectivity index (χ4v) is 2.10. The van der Waals surface area contributed by atoms with E-state index >= 15 is 0 Å². The zero-order valence-electron chi connectivity index (χ0n) is 12.4. The first kappa shape index (κ1) is 15.8. The molecule has 1 aliphatic heterocycles. The van der Waals surface area contributed by atoms with Crippen molar-refractivity contribution in [3.63, 3.8) is 0 Å². The molecule has 0 bridgehead atoms. The van der Waals surface area contributed by atoms with Crippen LogP contribution in [0.1, 0.15) is 30.1 Å². The summed E-state index contributed by atoms with van der Waals surface area (Å²) in [4.78, 5) is 23.9. The number of rotatable bonds is 4. The van der Waals surface area contributed by atoms with Gasteiger partial charge < -0.3 is 19.5 Å². The number of ether oxygens (including phenoxy) is 1. The predicted molar refractivity (Wildman–Crippen MR) is 79.7 cm³/mol. The van der Waals surface area contributed by atoms with Gasteiger partial charge in [-0.25, -0.2) is 4.79 Å². The molecule has 7 heteroatoms. The van der Waals surface area contributed by atoms with Gasteiger partial charge in [0.2, 0.25) is 0 Å². The highest BCUT2D eigenvalue weighted by molar-refractivity contribution is 5.88. The Balaban J connectivity index is 1.85. The molecule has 0 aliphatic carbocycles. The van der Waals surface area contributed by atoms with Gasteiger partial charge in [0.1, 0.15) is 0 Å². The zero-order chi connectivity index (χ0) is 15.9. The molecule has 1 saturated heterocycles. The minimum absolute atomic E-state index is 0.126. The highest BCUT2D eigenvalue weighted by atomic mass is 16.6. The molecule has 1 aromatic rings. The van der Waals surface area contributed by atoms with Gasteiger partial charge in [-0.1, -0.05) is 12.1 Å². The van der Waals surface area contributed by atoms with E-state index in [1.807, 2.05) is 0 Å². The highest BCUT2D eigenvalue weighted by Gasteiger charge is 2.20. The molecule has 1 aromatic carbocycles. The maximum Gasteiger partial charge on any atom is 0.409 e. The van der Waals surface area contributed by atoms with Gasteiger partial charge in [0.05, 0.1) is 18.3 Å². The van der Waals surface area contributed by atoms with E-state index in [-0.39, 0.29) is 11.7 Å². The maximum absolute atomic E-state index is 11.6. The van der Waals surface area contributed by atoms with E-state index in [2.05, 4.69) is 10.5 Å². The fourth-order valence-electron chi connectivity index (χ4n) is 2.10. The number of hydrazone groups is 1. The molecule has 0 aromatic heterocycles. The van der Waals surface area contributed by atoms with E-state index in [4.69, 9.17) is 4.74 Å². The van der Waals surface area contributed by atoms with Crippen LogP contribution in [0.3, 0.4) is 0 Å². The molecule has 1 amide bonds. The van der Waals surface area contributed by atoms with Crippen molar-refractivity contribution < 1.29 is 19.4 Å². The standard InChI is InChI=1S/C15H19N3O4/c1-2-22-15(21)18-9-7-13(8-10-18)17-16-12-5-3-11(4-6-12)14(19)20/h3-6,16H,2,7-10H2,1H3,(H,19,20)/p-1. The largest absolute Gasteiger partial charge is 0.545 e. The Hall–Kier alpha value is -2.57. The molecule has 1 aliphatic rings. The molecule has 7 nitrogen and oxygen atoms in total. The molecule has 1 heterocycles. The van der Waals surface area contributed by atoms with E-state index in [1.165, 1.54) is 12.1 Å². The number of carboxylic acid groups (broad SMARTS) is 1. The number of carbonyl (C=O) groups excluding carboxylic acids is 2. The molecule has 0 atom stereocenters. The van der Waals surface area contributed by atoms with E-state index in [9.17, 15) is 14.7 Å². The summed E-state index contributed by atoms with van der Waals surface area (Å²) < 4.78 is 4.95. The van der Waals surface area contributed by atoms with E-state index in [1.54, 1.807) is 24.0 Å². The SMILES string of the molecule is CCOC(=O)N1CCC(=NNc2ccc(C(=O)[O-])cc2)CC1. The number of amides is 1. The smallest absolute Gasteiger partial charge is 0.409 e. The number of hydrogen-bond donors (Lipinski definition) is 1. The minimum Gasteiger partial charge on any atom is -0.545 e. The Bertz CT molecular complexity index is 559. The number of nitrogens with one attached hydrogen (secondary N) is 1. The Labute approximate surface area is 128 Å². The van der Waals surface area contributed by atoms with Gasteiger partial charge >= 0.3 is 6.09 Å². The highest BCUT2D eigenvalue weighted by Crippen LogP contribution is 2.12. The minimum atomic E-state index is -1.20. The van der Waals surface area contributed by atoms with Gasteiger partial charge in [-0.3, -0.25) is 5.43 Å². The molecule has 118 valence electrons. The molecule has 0 saturated carbocycles. The predicted octanol–water partition coefficient (Wildman–Crippen LogP) is 1.07. The summed E-state index contributed by atoms with van der Waals surface area (Å²) in [6.45, 7) is 3.33. The number of anilines is 1. The normalized spacial score (nSPS) is 14.4. The average molecular weight is 304 g/mol. The molecule has 2 rings (SSSR count). The van der Waals surface area contributed by atoms with Crippen LogP contribution >= 0.6 is 0 Å². The van der Waals surface area contributed by atoms with Gasteiger partial charge in [0.15, 0.2) is 0 Å². The van der Waals surface area contributed by atoms with Crippen LogP contribution in [0.2, 0.25) is 0 Å². The average Bonchev–Trinajstić information content (AvgIpc) is 2.54. The Morgan fingerprint density at radius 2 is 1.91 bits per heavy atom. The molecule has 22 heavy (non-hydrogen) atoms. The monoisotopic (exact) mass is 304 g/mol. The summed E-state index contributed by atoms with van der Waals surface area (Å²) in [5.41, 5.74) is 4.68. The van der Waals surface area contributed by atoms with Crippen LogP contribution in [0.4, 0.5) is 10.5 Å². The van der Waals surface area contributed by atoms with E-state index in [0.29, 0.717) is 38.2 Å². The lowest BCUT2D eigenvalue weighted by atomic mass is 10.1. The number of nitrogens with zero attached hydrogens (tertiary/aromatic N) is 2. The summed E-state index contributed by atoms with van der Waals surface area (Å²) in [6.07, 6.45) is 1.08. The number of likely N-dealkylation sites (tertiary alicyclic amines) is 1. The number of aromatic carboxylic acids is 1. The first-order valence-electron chi connectivity index (χ1n) is 7.14. The molecular weight excluding hydrogens is 286 g/mol. The van der Waals surface area contributed by atoms with Crippen molar-refractivity contribution >= 4 is 23.5 Å². The topological polar surface area (TPSA) is 94.1 Å². The first-order chi connectivity index (χ1) is 10.6. The molecule has 0 radical (unpaired) electrons. The summed E-state index contributed by atoms with van der Waals surface area (Å²) in [5.74, 6) is -1.20. The van der Waals surface area contributed by atoms with Gasteiger partial charge in [0, 0.05) is 31.6 Å². The lowest BCUT2D eigenvalue weighted by Gasteiger charge is -2.26. The molecule has 1 fully saturated rings. The van der Waals surface area contributed by atoms with E-state index in [0.717, 1.165) is 5.71 Å². The van der Waals surface area contributed by atoms with Crippen molar-refractivity contribution in [3.05, 3.63) is 29.8 Å². The first-order valence-corrected chi connectivity index (χ1v) is 7.14. The number of carboxylic acids is 1. The fraction of sp³-hybridized carbons (Fsp3) is 0.400. The van der Waals surface area contributed by atoms with Crippen LogP contribution in [0, 0.1) is 0 Å². The Morgan fingerprint density at radius 1 is 1.27 bits per heavy atom. The number of benzene rings is 1. The molecule has 1 N–H and O–H groups in total. The van der Waals surface area contributed by atoms with Crippen molar-refractivity contribution in [2.24, 2.45) is 5.10 Å². The van der Waals surface area contributed by atoms with Crippen LogP contribution in [-0.4, -0.2) is 42.4 Å². The van der Waals surface area contributed by atoms with Crippen LogP contribution in [0.25, 0.3) is 0 Å². The van der Waals surface area contributed by atoms with Crippen LogP contribution < -0.4 is 10.5 Å². The third kappa shape index (κ3) is 4.21. The summed E-state index contributed by atoms with van der Waals surface area (Å²) in [6, 6.07) is 6.17. The molecule has 0 spiro atoms. The van der Waals surface area contributed by atoms with Gasteiger partial charge in [-0.05, 0) is 24.6 Å². The van der Waals surface area contributed by atoms with Crippen molar-refractivity contribution in [1.29, 1.82) is 0 Å². The summed E-state index contributed by atoms with van der Waals surface area (Å²) in [7, 11) is 0. The second-order valence-corrected chi connectivity index (χ2v) is 4.84. The van der Waals surface area contributed by atoms with Crippen molar-refractivity contribution in [3.8, 4) is 0 Å². The summed E-state index contributed by atoms with van der Waals surface area (Å²) in [5, 5.41) is 14.9. The van der Waals surface area contributed by atoms with Crippen molar-refractivity contribution in [2.75, 3.05) is 25.1 Å². The Kier molecular flexibility index (Phi) is 5.35. The zero-order valence-corrected chi connectivity index (χ0v) is 12.4. The Morgan fingerprint density at radius 3 is 2.45 bits per heavy atom. The lowest BCUT2D eigenvalue weighted by Crippen LogP contribution is -2.39. The van der Waals surface area contributed by atoms with Crippen molar-refractivity contribution in [2.45, 2.75) is 19.8 Å². The third-order valence-corrected chi connectivity index (χ3v) is 3.33. The number of piperidine rings is 1. The van der Waals surface area contributed by atoms with Crippen LogP contribution in [0.15, 0.2) is 29.4 Å². The van der Waals surface area contributed by atoms with Gasteiger partial charge in [-0.15, -0.1) is 0 Å². The summed E-state index contributed by atoms with van der Waals surface area (Å²) >= 11 is 0. The second-order valence-electron chi connectivity index (χ2n) is 4.84. The molecular formula is C15H18N3O4-. The molecule has 0 unspecified atom stereocenters. The number of hydrogen-bond acceptors (Lipinski definition) is 6. The maximum atomic E-state index is 11.6. The van der Waals surface area contributed by atoms with Crippen LogP contribution in [0.5, 0.6) is 0 Å². The quantitative estimate of drug-likeness (QED) is 0.840. The van der Waals surface area contributed by atoms with E-state index < -0.39 is 5.97 Å². The van der Waals surface area contributed by atoms with Gasteiger partial charge in [-0.2, -0.15) is 5.10 Å². The second kappa shape index (κ2) is 7.44. The number of carbonyl (C=O) groups is 2. The van der Waals surface area contributed by atoms with Crippen LogP contribution in [-0.2, 0) is 4.74 Å². The third-order valence-electron chi connectivity index (χ3n) is 3.33. The van der Waals surface area contributed by atoms with Gasteiger partial charge in [0.25, 0.3) is 0 Å². The van der Waals surface area contributed by atoms with Crippen molar-refractivity contribution in [1.82, 2.24) is 4.90 Å².